The van der Waals surface area contributed by atoms with Gasteiger partial charge in [-0.25, -0.2) is 0 Å². The summed E-state index contributed by atoms with van der Waals surface area (Å²) in [7, 11) is 0. The van der Waals surface area contributed by atoms with Crippen molar-refractivity contribution in [3.05, 3.63) is 47.0 Å². The van der Waals surface area contributed by atoms with E-state index in [-0.39, 0.29) is 18.1 Å². The maximum Gasteiger partial charge on any atom is 0.270 e. The molecular formula is C15H17N3O2S. The molecular weight excluding hydrogens is 286 g/mol. The number of carbonyl (C=O) groups is 1. The predicted molar refractivity (Wildman–Crippen MR) is 82.2 cm³/mol. The Morgan fingerprint density at radius 3 is 2.86 bits per heavy atom. The smallest absolute Gasteiger partial charge is 0.270 e. The van der Waals surface area contributed by atoms with E-state index in [0.717, 1.165) is 12.1 Å². The molecule has 1 aliphatic heterocycles. The topological polar surface area (TPSA) is 59.0 Å². The van der Waals surface area contributed by atoms with Crippen molar-refractivity contribution in [1.82, 2.24) is 14.9 Å². The minimum absolute atomic E-state index is 0.0426. The lowest BCUT2D eigenvalue weighted by Crippen LogP contribution is -2.39. The lowest BCUT2D eigenvalue weighted by atomic mass is 10.1. The zero-order valence-corrected chi connectivity index (χ0v) is 12.5. The fourth-order valence-electron chi connectivity index (χ4n) is 2.53. The average molecular weight is 303 g/mol. The Morgan fingerprint density at radius 2 is 2.19 bits per heavy atom. The highest BCUT2D eigenvalue weighted by Gasteiger charge is 2.27. The van der Waals surface area contributed by atoms with Crippen LogP contribution < -0.4 is 5.32 Å². The molecule has 1 aromatic carbocycles. The summed E-state index contributed by atoms with van der Waals surface area (Å²) in [5.74, 6) is -0.145. The van der Waals surface area contributed by atoms with Crippen LogP contribution in [0.5, 0.6) is 0 Å². The standard InChI is InChI=1S/C15H17N3O2S/c1-10-12(7-8-20-10)17-14(19)13-9-16-15(21)18(13)11-5-3-2-4-6-11/h2-6,9-10,12H,7-8H2,1H3,(H,16,21)(H,17,19). The Labute approximate surface area is 127 Å². The highest BCUT2D eigenvalue weighted by Crippen LogP contribution is 2.16. The van der Waals surface area contributed by atoms with Crippen molar-refractivity contribution in [1.29, 1.82) is 0 Å². The summed E-state index contributed by atoms with van der Waals surface area (Å²) in [5.41, 5.74) is 1.37. The Kier molecular flexibility index (Phi) is 3.90. The molecule has 1 aromatic heterocycles. The molecule has 1 fully saturated rings. The van der Waals surface area contributed by atoms with E-state index in [1.807, 2.05) is 37.3 Å². The van der Waals surface area contributed by atoms with Crippen molar-refractivity contribution < 1.29 is 9.53 Å². The normalized spacial score (nSPS) is 21.4. The summed E-state index contributed by atoms with van der Waals surface area (Å²) in [6.07, 6.45) is 2.52. The van der Waals surface area contributed by atoms with Crippen molar-refractivity contribution in [2.24, 2.45) is 0 Å². The molecule has 2 atom stereocenters. The van der Waals surface area contributed by atoms with Gasteiger partial charge >= 0.3 is 0 Å². The second-order valence-electron chi connectivity index (χ2n) is 5.09. The Balaban J connectivity index is 1.89. The van der Waals surface area contributed by atoms with Gasteiger partial charge in [0.15, 0.2) is 4.77 Å². The number of nitrogens with one attached hydrogen (secondary N) is 2. The van der Waals surface area contributed by atoms with Gasteiger partial charge < -0.3 is 15.0 Å². The third-order valence-corrected chi connectivity index (χ3v) is 4.02. The van der Waals surface area contributed by atoms with E-state index in [1.54, 1.807) is 10.8 Å². The van der Waals surface area contributed by atoms with Crippen LogP contribution in [0.25, 0.3) is 5.69 Å². The van der Waals surface area contributed by atoms with Gasteiger partial charge in [-0.05, 0) is 37.7 Å². The van der Waals surface area contributed by atoms with Gasteiger partial charge in [-0.15, -0.1) is 0 Å². The molecule has 110 valence electrons. The number of imidazole rings is 1. The second-order valence-corrected chi connectivity index (χ2v) is 5.48. The Bertz CT molecular complexity index is 692. The van der Waals surface area contributed by atoms with Gasteiger partial charge in [0.05, 0.1) is 12.1 Å². The van der Waals surface area contributed by atoms with E-state index in [1.165, 1.54) is 0 Å². The molecule has 2 N–H and O–H groups in total. The fourth-order valence-corrected chi connectivity index (χ4v) is 2.80. The average Bonchev–Trinajstić information content (AvgIpc) is 3.06. The van der Waals surface area contributed by atoms with Crippen LogP contribution in [0.3, 0.4) is 0 Å². The van der Waals surface area contributed by atoms with E-state index in [0.29, 0.717) is 17.1 Å². The monoisotopic (exact) mass is 303 g/mol. The van der Waals surface area contributed by atoms with Crippen molar-refractivity contribution >= 4 is 18.1 Å². The third-order valence-electron chi connectivity index (χ3n) is 3.72. The molecule has 2 unspecified atom stereocenters. The van der Waals surface area contributed by atoms with Crippen LogP contribution in [-0.4, -0.2) is 34.2 Å². The number of ether oxygens (including phenoxy) is 1. The van der Waals surface area contributed by atoms with Crippen LogP contribution in [0.1, 0.15) is 23.8 Å². The van der Waals surface area contributed by atoms with Crippen LogP contribution in [0, 0.1) is 4.77 Å². The molecule has 5 nitrogen and oxygen atoms in total. The SMILES string of the molecule is CC1OCCC1NC(=O)c1c[nH]c(=S)n1-c1ccccc1. The number of nitrogens with zero attached hydrogens (tertiary/aromatic N) is 1. The fraction of sp³-hybridized carbons (Fsp3) is 0.333. The first kappa shape index (κ1) is 14.0. The quantitative estimate of drug-likeness (QED) is 0.856. The molecule has 0 aliphatic carbocycles. The molecule has 0 spiro atoms. The number of benzene rings is 1. The molecule has 1 saturated heterocycles. The van der Waals surface area contributed by atoms with Crippen molar-refractivity contribution in [2.75, 3.05) is 6.61 Å². The Morgan fingerprint density at radius 1 is 1.43 bits per heavy atom. The zero-order chi connectivity index (χ0) is 14.8. The molecule has 6 heteroatoms. The van der Waals surface area contributed by atoms with Gasteiger partial charge in [0, 0.05) is 18.5 Å². The minimum atomic E-state index is -0.145. The molecule has 3 rings (SSSR count). The number of carbonyl (C=O) groups excluding carboxylic acids is 1. The maximum absolute atomic E-state index is 12.5. The predicted octanol–water partition coefficient (Wildman–Crippen LogP) is 2.44. The van der Waals surface area contributed by atoms with E-state index in [2.05, 4.69) is 10.3 Å². The number of hydrogen-bond acceptors (Lipinski definition) is 3. The number of amides is 1. The molecule has 2 aromatic rings. The number of aromatic nitrogens is 2. The summed E-state index contributed by atoms with van der Waals surface area (Å²) in [6.45, 7) is 2.66. The lowest BCUT2D eigenvalue weighted by molar-refractivity contribution is 0.0860. The molecule has 1 aliphatic rings. The van der Waals surface area contributed by atoms with Gasteiger partial charge in [0.2, 0.25) is 0 Å². The number of para-hydroxylation sites is 1. The number of H-pyrrole nitrogens is 1. The minimum Gasteiger partial charge on any atom is -0.376 e. The Hall–Kier alpha value is -1.92. The van der Waals surface area contributed by atoms with Gasteiger partial charge in [0.25, 0.3) is 5.91 Å². The number of aromatic amines is 1. The lowest BCUT2D eigenvalue weighted by Gasteiger charge is -2.16. The zero-order valence-electron chi connectivity index (χ0n) is 11.7. The van der Waals surface area contributed by atoms with Crippen molar-refractivity contribution in [3.8, 4) is 5.69 Å². The van der Waals surface area contributed by atoms with Gasteiger partial charge in [-0.1, -0.05) is 18.2 Å². The van der Waals surface area contributed by atoms with Gasteiger partial charge in [-0.3, -0.25) is 9.36 Å². The van der Waals surface area contributed by atoms with Crippen LogP contribution in [0.4, 0.5) is 0 Å². The van der Waals surface area contributed by atoms with E-state index >= 15 is 0 Å². The first-order valence-electron chi connectivity index (χ1n) is 6.95. The molecule has 1 amide bonds. The summed E-state index contributed by atoms with van der Waals surface area (Å²) in [6, 6.07) is 9.64. The summed E-state index contributed by atoms with van der Waals surface area (Å²) >= 11 is 5.28. The molecule has 0 bridgehead atoms. The van der Waals surface area contributed by atoms with E-state index < -0.39 is 0 Å². The molecule has 2 heterocycles. The highest BCUT2D eigenvalue weighted by molar-refractivity contribution is 7.71. The number of hydrogen-bond donors (Lipinski definition) is 2. The highest BCUT2D eigenvalue weighted by atomic mass is 32.1. The van der Waals surface area contributed by atoms with Crippen LogP contribution in [0.15, 0.2) is 36.5 Å². The van der Waals surface area contributed by atoms with Gasteiger partial charge in [0.1, 0.15) is 5.69 Å². The van der Waals surface area contributed by atoms with Crippen molar-refractivity contribution in [2.45, 2.75) is 25.5 Å². The third kappa shape index (κ3) is 2.77. The summed E-state index contributed by atoms with van der Waals surface area (Å²) < 4.78 is 7.72. The van der Waals surface area contributed by atoms with Crippen LogP contribution >= 0.6 is 12.2 Å². The second kappa shape index (κ2) is 5.83. The van der Waals surface area contributed by atoms with Crippen LogP contribution in [-0.2, 0) is 4.74 Å². The largest absolute Gasteiger partial charge is 0.376 e. The molecule has 0 saturated carbocycles. The number of rotatable bonds is 3. The maximum atomic E-state index is 12.5. The summed E-state index contributed by atoms with van der Waals surface area (Å²) in [4.78, 5) is 15.4. The molecule has 0 radical (unpaired) electrons. The van der Waals surface area contributed by atoms with E-state index in [4.69, 9.17) is 17.0 Å². The van der Waals surface area contributed by atoms with Crippen LogP contribution in [0.2, 0.25) is 0 Å². The van der Waals surface area contributed by atoms with Crippen molar-refractivity contribution in [3.63, 3.8) is 0 Å². The van der Waals surface area contributed by atoms with Gasteiger partial charge in [-0.2, -0.15) is 0 Å². The van der Waals surface area contributed by atoms with E-state index in [9.17, 15) is 4.79 Å². The summed E-state index contributed by atoms with van der Waals surface area (Å²) in [5, 5.41) is 3.02. The first-order valence-corrected chi connectivity index (χ1v) is 7.36. The first-order chi connectivity index (χ1) is 10.2. The molecule has 21 heavy (non-hydrogen) atoms.